The third kappa shape index (κ3) is 8.10. The summed E-state index contributed by atoms with van der Waals surface area (Å²) in [6.45, 7) is 4.73. The minimum Gasteiger partial charge on any atom is -0.497 e. The van der Waals surface area contributed by atoms with E-state index in [9.17, 15) is 4.39 Å². The standard InChI is InChI=1S/C23H29FN6O.HI/c1-3-22-29-28-17-30(22)15-14-26-23(25-13-12-18-4-8-20(24)9-5-18)27-16-19-6-10-21(31-2)11-7-19;/h4-11,17H,3,12-16H2,1-2H3,(H2,25,26,27);1H. The zero-order valence-electron chi connectivity index (χ0n) is 18.4. The van der Waals surface area contributed by atoms with Crippen molar-refractivity contribution in [2.45, 2.75) is 32.9 Å². The Hall–Kier alpha value is -2.69. The smallest absolute Gasteiger partial charge is 0.191 e. The molecule has 0 aliphatic heterocycles. The third-order valence-electron chi connectivity index (χ3n) is 4.86. The fraction of sp³-hybridized carbons (Fsp3) is 0.348. The van der Waals surface area contributed by atoms with Crippen LogP contribution in [0.25, 0.3) is 0 Å². The van der Waals surface area contributed by atoms with Gasteiger partial charge in [-0.1, -0.05) is 31.2 Å². The highest BCUT2D eigenvalue weighted by Gasteiger charge is 2.04. The van der Waals surface area contributed by atoms with Gasteiger partial charge in [0.25, 0.3) is 0 Å². The average molecular weight is 552 g/mol. The monoisotopic (exact) mass is 552 g/mol. The SMILES string of the molecule is CCc1nncn1CCNC(=NCc1ccc(OC)cc1)NCCc1ccc(F)cc1.I. The Bertz CT molecular complexity index is 959. The maximum absolute atomic E-state index is 13.1. The van der Waals surface area contributed by atoms with Crippen LogP contribution in [0.4, 0.5) is 4.39 Å². The van der Waals surface area contributed by atoms with E-state index in [1.807, 2.05) is 28.8 Å². The molecule has 172 valence electrons. The number of aromatic nitrogens is 3. The van der Waals surface area contributed by atoms with Gasteiger partial charge in [-0.15, -0.1) is 34.2 Å². The van der Waals surface area contributed by atoms with Crippen molar-refractivity contribution < 1.29 is 9.13 Å². The maximum atomic E-state index is 13.1. The van der Waals surface area contributed by atoms with Crippen molar-refractivity contribution in [2.24, 2.45) is 4.99 Å². The van der Waals surface area contributed by atoms with Gasteiger partial charge in [-0.05, 0) is 41.8 Å². The summed E-state index contributed by atoms with van der Waals surface area (Å²) in [6, 6.07) is 14.4. The molecular formula is C23H30FIN6O. The molecule has 0 fully saturated rings. The van der Waals surface area contributed by atoms with E-state index >= 15 is 0 Å². The van der Waals surface area contributed by atoms with Crippen molar-refractivity contribution >= 4 is 29.9 Å². The Morgan fingerprint density at radius 3 is 2.41 bits per heavy atom. The summed E-state index contributed by atoms with van der Waals surface area (Å²) < 4.78 is 20.3. The van der Waals surface area contributed by atoms with Crippen molar-refractivity contribution in [3.05, 3.63) is 77.6 Å². The first kappa shape index (κ1) is 25.6. The Labute approximate surface area is 205 Å². The Morgan fingerprint density at radius 1 is 1.03 bits per heavy atom. The predicted octanol–water partition coefficient (Wildman–Crippen LogP) is 3.58. The third-order valence-corrected chi connectivity index (χ3v) is 4.86. The van der Waals surface area contributed by atoms with Gasteiger partial charge in [0.2, 0.25) is 0 Å². The lowest BCUT2D eigenvalue weighted by atomic mass is 10.1. The van der Waals surface area contributed by atoms with E-state index in [1.165, 1.54) is 12.1 Å². The molecule has 0 spiro atoms. The van der Waals surface area contributed by atoms with Crippen LogP contribution >= 0.6 is 24.0 Å². The van der Waals surface area contributed by atoms with Gasteiger partial charge in [0, 0.05) is 26.1 Å². The van der Waals surface area contributed by atoms with E-state index in [0.29, 0.717) is 19.6 Å². The molecule has 0 amide bonds. The van der Waals surface area contributed by atoms with Crippen LogP contribution in [0.15, 0.2) is 59.9 Å². The highest BCUT2D eigenvalue weighted by Crippen LogP contribution is 2.11. The Balaban J connectivity index is 0.00000363. The first-order valence-corrected chi connectivity index (χ1v) is 10.4. The van der Waals surface area contributed by atoms with Crippen molar-refractivity contribution in [3.63, 3.8) is 0 Å². The molecule has 0 bridgehead atoms. The maximum Gasteiger partial charge on any atom is 0.191 e. The number of aryl methyl sites for hydroxylation is 1. The molecule has 2 aromatic carbocycles. The minimum absolute atomic E-state index is 0. The number of halogens is 2. The van der Waals surface area contributed by atoms with E-state index in [-0.39, 0.29) is 29.8 Å². The number of nitrogens with zero attached hydrogens (tertiary/aromatic N) is 4. The molecule has 32 heavy (non-hydrogen) atoms. The number of rotatable bonds is 10. The van der Waals surface area contributed by atoms with Gasteiger partial charge >= 0.3 is 0 Å². The first-order valence-electron chi connectivity index (χ1n) is 10.4. The second-order valence-electron chi connectivity index (χ2n) is 7.04. The predicted molar refractivity (Wildman–Crippen MR) is 135 cm³/mol. The highest BCUT2D eigenvalue weighted by molar-refractivity contribution is 14.0. The van der Waals surface area contributed by atoms with E-state index in [0.717, 1.165) is 48.0 Å². The lowest BCUT2D eigenvalue weighted by Gasteiger charge is -2.14. The molecule has 9 heteroatoms. The van der Waals surface area contributed by atoms with Crippen molar-refractivity contribution in [3.8, 4) is 5.75 Å². The van der Waals surface area contributed by atoms with Crippen molar-refractivity contribution in [1.29, 1.82) is 0 Å². The van der Waals surface area contributed by atoms with Crippen LogP contribution < -0.4 is 15.4 Å². The number of hydrogen-bond acceptors (Lipinski definition) is 4. The molecule has 0 saturated heterocycles. The number of nitrogens with one attached hydrogen (secondary N) is 2. The fourth-order valence-corrected chi connectivity index (χ4v) is 3.09. The molecule has 2 N–H and O–H groups in total. The summed E-state index contributed by atoms with van der Waals surface area (Å²) >= 11 is 0. The summed E-state index contributed by atoms with van der Waals surface area (Å²) in [6.07, 6.45) is 3.36. The summed E-state index contributed by atoms with van der Waals surface area (Å²) in [5, 5.41) is 14.8. The molecule has 0 atom stereocenters. The normalized spacial score (nSPS) is 11.0. The molecule has 0 saturated carbocycles. The number of benzene rings is 2. The number of guanidine groups is 1. The Kier molecular flexibility index (Phi) is 10.9. The van der Waals surface area contributed by atoms with Gasteiger partial charge in [-0.2, -0.15) is 0 Å². The summed E-state index contributed by atoms with van der Waals surface area (Å²) in [5.74, 6) is 2.29. The van der Waals surface area contributed by atoms with Crippen molar-refractivity contribution in [1.82, 2.24) is 25.4 Å². The van der Waals surface area contributed by atoms with Crippen LogP contribution in [0, 0.1) is 5.82 Å². The summed E-state index contributed by atoms with van der Waals surface area (Å²) in [5.41, 5.74) is 2.16. The zero-order chi connectivity index (χ0) is 21.9. The molecule has 3 rings (SSSR count). The van der Waals surface area contributed by atoms with Crippen LogP contribution in [0.5, 0.6) is 5.75 Å². The summed E-state index contributed by atoms with van der Waals surface area (Å²) in [4.78, 5) is 4.71. The van der Waals surface area contributed by atoms with Gasteiger partial charge in [0.15, 0.2) is 5.96 Å². The molecule has 0 radical (unpaired) electrons. The van der Waals surface area contributed by atoms with E-state index in [4.69, 9.17) is 9.73 Å². The highest BCUT2D eigenvalue weighted by atomic mass is 127. The second kappa shape index (κ2) is 13.7. The lowest BCUT2D eigenvalue weighted by Crippen LogP contribution is -2.40. The van der Waals surface area contributed by atoms with Crippen LogP contribution in [0.3, 0.4) is 0 Å². The molecular weight excluding hydrogens is 522 g/mol. The van der Waals surface area contributed by atoms with Crippen LogP contribution in [-0.2, 0) is 25.9 Å². The van der Waals surface area contributed by atoms with Crippen LogP contribution in [0.1, 0.15) is 23.9 Å². The van der Waals surface area contributed by atoms with Gasteiger partial charge in [-0.25, -0.2) is 9.38 Å². The van der Waals surface area contributed by atoms with Crippen LogP contribution in [0.2, 0.25) is 0 Å². The van der Waals surface area contributed by atoms with E-state index < -0.39 is 0 Å². The van der Waals surface area contributed by atoms with E-state index in [1.54, 1.807) is 25.6 Å². The lowest BCUT2D eigenvalue weighted by molar-refractivity contribution is 0.414. The first-order chi connectivity index (χ1) is 15.2. The number of hydrogen-bond donors (Lipinski definition) is 2. The quantitative estimate of drug-likeness (QED) is 0.229. The number of methoxy groups -OCH3 is 1. The minimum atomic E-state index is -0.222. The molecule has 3 aromatic rings. The molecule has 1 aromatic heterocycles. The van der Waals surface area contributed by atoms with Gasteiger partial charge < -0.3 is 19.9 Å². The Morgan fingerprint density at radius 2 is 1.72 bits per heavy atom. The van der Waals surface area contributed by atoms with Crippen LogP contribution in [-0.4, -0.2) is 40.9 Å². The van der Waals surface area contributed by atoms with Gasteiger partial charge in [0.05, 0.1) is 13.7 Å². The number of ether oxygens (including phenoxy) is 1. The molecule has 1 heterocycles. The van der Waals surface area contributed by atoms with Gasteiger partial charge in [0.1, 0.15) is 23.7 Å². The molecule has 7 nitrogen and oxygen atoms in total. The van der Waals surface area contributed by atoms with Gasteiger partial charge in [-0.3, -0.25) is 0 Å². The number of aliphatic imine (C=N–C) groups is 1. The largest absolute Gasteiger partial charge is 0.497 e. The molecule has 0 unspecified atom stereocenters. The fourth-order valence-electron chi connectivity index (χ4n) is 3.09. The average Bonchev–Trinajstić information content (AvgIpc) is 3.26. The summed E-state index contributed by atoms with van der Waals surface area (Å²) in [7, 11) is 1.65. The molecule has 0 aliphatic carbocycles. The topological polar surface area (TPSA) is 76.4 Å². The molecule has 0 aliphatic rings. The second-order valence-corrected chi connectivity index (χ2v) is 7.04. The van der Waals surface area contributed by atoms with E-state index in [2.05, 4.69) is 27.8 Å². The van der Waals surface area contributed by atoms with Crippen molar-refractivity contribution in [2.75, 3.05) is 20.2 Å². The zero-order valence-corrected chi connectivity index (χ0v) is 20.8.